The van der Waals surface area contributed by atoms with Gasteiger partial charge in [-0.3, -0.25) is 0 Å². The van der Waals surface area contributed by atoms with Gasteiger partial charge >= 0.3 is 0 Å². The fraction of sp³-hybridized carbons (Fsp3) is 0.600. The monoisotopic (exact) mass is 421 g/mol. The van der Waals surface area contributed by atoms with Gasteiger partial charge in [-0.2, -0.15) is 0 Å². The van der Waals surface area contributed by atoms with Crippen LogP contribution in [0.4, 0.5) is 11.4 Å². The van der Waals surface area contributed by atoms with Crippen molar-refractivity contribution >= 4 is 11.4 Å². The van der Waals surface area contributed by atoms with Crippen molar-refractivity contribution in [3.8, 4) is 0 Å². The number of unbranched alkanes of at least 4 members (excludes halogenated alkanes) is 15. The molecule has 0 aliphatic carbocycles. The highest BCUT2D eigenvalue weighted by Crippen LogP contribution is 2.25. The summed E-state index contributed by atoms with van der Waals surface area (Å²) in [4.78, 5) is 2.46. The Bertz CT molecular complexity index is 582. The van der Waals surface area contributed by atoms with Gasteiger partial charge in [0.25, 0.3) is 0 Å². The second kappa shape index (κ2) is 17.9. The van der Waals surface area contributed by atoms with Gasteiger partial charge in [0.15, 0.2) is 0 Å². The van der Waals surface area contributed by atoms with Gasteiger partial charge in [0.2, 0.25) is 0 Å². The second-order valence-electron chi connectivity index (χ2n) is 9.13. The lowest BCUT2D eigenvalue weighted by Gasteiger charge is -2.25. The van der Waals surface area contributed by atoms with Crippen LogP contribution in [0.2, 0.25) is 0 Å². The summed E-state index contributed by atoms with van der Waals surface area (Å²) in [6.45, 7) is 3.40. The maximum absolute atomic E-state index is 2.46. The van der Waals surface area contributed by atoms with Crippen LogP contribution in [0.25, 0.3) is 0 Å². The summed E-state index contributed by atoms with van der Waals surface area (Å²) in [7, 11) is 0. The molecule has 1 heteroatoms. The standard InChI is InChI=1S/C30H47N/c1-2-3-4-5-6-7-8-9-10-11-12-13-14-15-16-23-28-31(29-24-19-17-20-25-29)30-26-21-18-22-27-30/h17-22,24-27H,2-16,23,28H2,1H3. The van der Waals surface area contributed by atoms with E-state index in [1.54, 1.807) is 0 Å². The van der Waals surface area contributed by atoms with Crippen LogP contribution in [0.15, 0.2) is 60.7 Å². The van der Waals surface area contributed by atoms with Gasteiger partial charge < -0.3 is 4.90 Å². The van der Waals surface area contributed by atoms with Crippen LogP contribution >= 0.6 is 0 Å². The SMILES string of the molecule is CCCCCCCCCCCCCCCCCCN(c1ccccc1)c1ccccc1. The minimum absolute atomic E-state index is 1.10. The number of nitrogens with zero attached hydrogens (tertiary/aromatic N) is 1. The molecule has 2 aromatic rings. The van der Waals surface area contributed by atoms with Crippen molar-refractivity contribution in [3.05, 3.63) is 60.7 Å². The summed E-state index contributed by atoms with van der Waals surface area (Å²) >= 11 is 0. The van der Waals surface area contributed by atoms with Gasteiger partial charge in [0.05, 0.1) is 0 Å². The number of rotatable bonds is 19. The third kappa shape index (κ3) is 12.0. The lowest BCUT2D eigenvalue weighted by molar-refractivity contribution is 0.530. The molecule has 0 aliphatic heterocycles. The molecule has 172 valence electrons. The van der Waals surface area contributed by atoms with Crippen molar-refractivity contribution in [2.45, 2.75) is 110 Å². The molecule has 0 fully saturated rings. The molecule has 0 atom stereocenters. The van der Waals surface area contributed by atoms with Gasteiger partial charge in [-0.05, 0) is 30.7 Å². The Hall–Kier alpha value is -1.76. The average Bonchev–Trinajstić information content (AvgIpc) is 2.82. The van der Waals surface area contributed by atoms with E-state index in [4.69, 9.17) is 0 Å². The smallest absolute Gasteiger partial charge is 0.0410 e. The number of anilines is 2. The molecule has 2 aromatic carbocycles. The van der Waals surface area contributed by atoms with E-state index in [9.17, 15) is 0 Å². The predicted octanol–water partition coefficient (Wildman–Crippen LogP) is 10.1. The van der Waals surface area contributed by atoms with Crippen molar-refractivity contribution in [1.82, 2.24) is 0 Å². The Kier molecular flexibility index (Phi) is 14.7. The molecule has 0 saturated heterocycles. The Labute approximate surface area is 193 Å². The van der Waals surface area contributed by atoms with Crippen molar-refractivity contribution in [3.63, 3.8) is 0 Å². The molecule has 0 saturated carbocycles. The first kappa shape index (κ1) is 25.5. The number of benzene rings is 2. The molecule has 0 unspecified atom stereocenters. The van der Waals surface area contributed by atoms with Crippen LogP contribution in [0.3, 0.4) is 0 Å². The molecule has 1 nitrogen and oxygen atoms in total. The van der Waals surface area contributed by atoms with E-state index >= 15 is 0 Å². The molecule has 0 radical (unpaired) electrons. The molecule has 0 aliphatic rings. The quantitative estimate of drug-likeness (QED) is 0.204. The van der Waals surface area contributed by atoms with Crippen molar-refractivity contribution < 1.29 is 0 Å². The fourth-order valence-electron chi connectivity index (χ4n) is 4.44. The maximum atomic E-state index is 2.46. The normalized spacial score (nSPS) is 11.0. The van der Waals surface area contributed by atoms with E-state index < -0.39 is 0 Å². The third-order valence-corrected chi connectivity index (χ3v) is 6.37. The first-order valence-electron chi connectivity index (χ1n) is 13.3. The van der Waals surface area contributed by atoms with Gasteiger partial charge in [-0.1, -0.05) is 140 Å². The lowest BCUT2D eigenvalue weighted by atomic mass is 10.0. The predicted molar refractivity (Wildman–Crippen MR) is 139 cm³/mol. The lowest BCUT2D eigenvalue weighted by Crippen LogP contribution is -2.18. The molecule has 0 N–H and O–H groups in total. The van der Waals surface area contributed by atoms with Crippen LogP contribution in [0, 0.1) is 0 Å². The molecule has 0 aromatic heterocycles. The largest absolute Gasteiger partial charge is 0.341 e. The zero-order valence-electron chi connectivity index (χ0n) is 20.2. The van der Waals surface area contributed by atoms with Crippen molar-refractivity contribution in [2.75, 3.05) is 11.4 Å². The van der Waals surface area contributed by atoms with E-state index in [-0.39, 0.29) is 0 Å². The minimum Gasteiger partial charge on any atom is -0.341 e. The van der Waals surface area contributed by atoms with E-state index in [2.05, 4.69) is 72.5 Å². The Morgan fingerprint density at radius 3 is 1.10 bits per heavy atom. The van der Waals surface area contributed by atoms with Gasteiger partial charge in [-0.25, -0.2) is 0 Å². The first-order valence-corrected chi connectivity index (χ1v) is 13.3. The highest BCUT2D eigenvalue weighted by molar-refractivity contribution is 5.62. The van der Waals surface area contributed by atoms with E-state index in [1.165, 1.54) is 114 Å². The molecule has 0 spiro atoms. The Morgan fingerprint density at radius 2 is 0.742 bits per heavy atom. The molecule has 0 amide bonds. The topological polar surface area (TPSA) is 3.24 Å². The minimum atomic E-state index is 1.10. The molecule has 0 bridgehead atoms. The highest BCUT2D eigenvalue weighted by atomic mass is 15.1. The molecular weight excluding hydrogens is 374 g/mol. The summed E-state index contributed by atoms with van der Waals surface area (Å²) in [5.74, 6) is 0. The van der Waals surface area contributed by atoms with E-state index in [0.29, 0.717) is 0 Å². The average molecular weight is 422 g/mol. The van der Waals surface area contributed by atoms with Crippen LogP contribution in [-0.2, 0) is 0 Å². The molecule has 2 rings (SSSR count). The zero-order chi connectivity index (χ0) is 21.8. The number of hydrogen-bond donors (Lipinski definition) is 0. The molecule has 31 heavy (non-hydrogen) atoms. The zero-order valence-corrected chi connectivity index (χ0v) is 20.2. The summed E-state index contributed by atoms with van der Waals surface area (Å²) in [5.41, 5.74) is 2.60. The van der Waals surface area contributed by atoms with E-state index in [0.717, 1.165) is 6.54 Å². The van der Waals surface area contributed by atoms with Crippen LogP contribution in [0.1, 0.15) is 110 Å². The van der Waals surface area contributed by atoms with Crippen LogP contribution < -0.4 is 4.90 Å². The fourth-order valence-corrected chi connectivity index (χ4v) is 4.44. The highest BCUT2D eigenvalue weighted by Gasteiger charge is 2.08. The summed E-state index contributed by atoms with van der Waals surface area (Å²) < 4.78 is 0. The number of para-hydroxylation sites is 2. The Balaban J connectivity index is 1.46. The van der Waals surface area contributed by atoms with Crippen molar-refractivity contribution in [2.24, 2.45) is 0 Å². The molecule has 0 heterocycles. The third-order valence-electron chi connectivity index (χ3n) is 6.37. The van der Waals surface area contributed by atoms with Gasteiger partial charge in [0, 0.05) is 17.9 Å². The van der Waals surface area contributed by atoms with Crippen molar-refractivity contribution in [1.29, 1.82) is 0 Å². The van der Waals surface area contributed by atoms with Crippen LogP contribution in [-0.4, -0.2) is 6.54 Å². The summed E-state index contributed by atoms with van der Waals surface area (Å²) in [6.07, 6.45) is 22.7. The second-order valence-corrected chi connectivity index (χ2v) is 9.13. The van der Waals surface area contributed by atoms with E-state index in [1.807, 2.05) is 0 Å². The maximum Gasteiger partial charge on any atom is 0.0410 e. The number of hydrogen-bond acceptors (Lipinski definition) is 1. The first-order chi connectivity index (χ1) is 15.4. The summed E-state index contributed by atoms with van der Waals surface area (Å²) in [6, 6.07) is 21.6. The van der Waals surface area contributed by atoms with Crippen LogP contribution in [0.5, 0.6) is 0 Å². The summed E-state index contributed by atoms with van der Waals surface area (Å²) in [5, 5.41) is 0. The van der Waals surface area contributed by atoms with Gasteiger partial charge in [0.1, 0.15) is 0 Å². The Morgan fingerprint density at radius 1 is 0.419 bits per heavy atom. The van der Waals surface area contributed by atoms with Gasteiger partial charge in [-0.15, -0.1) is 0 Å². The molecular formula is C30H47N.